The van der Waals surface area contributed by atoms with Gasteiger partial charge in [0.15, 0.2) is 0 Å². The molecule has 0 aromatic heterocycles. The SMILES string of the molecule is CNC(C)CCN1[C@H](C)CCC[C@@H]1C. The molecule has 0 radical (unpaired) electrons. The van der Waals surface area contributed by atoms with Gasteiger partial charge in [-0.2, -0.15) is 0 Å². The van der Waals surface area contributed by atoms with E-state index in [1.54, 1.807) is 0 Å². The lowest BCUT2D eigenvalue weighted by Crippen LogP contribution is -2.45. The highest BCUT2D eigenvalue weighted by atomic mass is 15.2. The smallest absolute Gasteiger partial charge is 0.00697 e. The number of rotatable bonds is 4. The lowest BCUT2D eigenvalue weighted by Gasteiger charge is -2.39. The summed E-state index contributed by atoms with van der Waals surface area (Å²) in [6.07, 6.45) is 5.46. The van der Waals surface area contributed by atoms with Gasteiger partial charge in [0.25, 0.3) is 0 Å². The second-order valence-corrected chi connectivity index (χ2v) is 4.85. The van der Waals surface area contributed by atoms with E-state index in [1.807, 2.05) is 7.05 Å². The Morgan fingerprint density at radius 3 is 2.36 bits per heavy atom. The monoisotopic (exact) mass is 198 g/mol. The molecule has 1 fully saturated rings. The van der Waals surface area contributed by atoms with Gasteiger partial charge in [-0.05, 0) is 47.1 Å². The van der Waals surface area contributed by atoms with Crippen molar-refractivity contribution < 1.29 is 0 Å². The largest absolute Gasteiger partial charge is 0.317 e. The van der Waals surface area contributed by atoms with Crippen molar-refractivity contribution in [2.75, 3.05) is 13.6 Å². The minimum Gasteiger partial charge on any atom is -0.317 e. The summed E-state index contributed by atoms with van der Waals surface area (Å²) in [5.41, 5.74) is 0. The maximum atomic E-state index is 3.31. The Morgan fingerprint density at radius 2 is 1.86 bits per heavy atom. The number of nitrogens with zero attached hydrogens (tertiary/aromatic N) is 1. The van der Waals surface area contributed by atoms with Crippen molar-refractivity contribution in [2.24, 2.45) is 0 Å². The predicted molar refractivity (Wildman–Crippen MR) is 62.6 cm³/mol. The molecule has 0 saturated carbocycles. The first-order valence-corrected chi connectivity index (χ1v) is 6.08. The molecule has 84 valence electrons. The molecule has 3 atom stereocenters. The molecule has 0 aromatic rings. The summed E-state index contributed by atoms with van der Waals surface area (Å²) in [7, 11) is 2.05. The van der Waals surface area contributed by atoms with E-state index in [9.17, 15) is 0 Å². The third kappa shape index (κ3) is 3.25. The number of likely N-dealkylation sites (tertiary alicyclic amines) is 1. The normalized spacial score (nSPS) is 31.7. The summed E-state index contributed by atoms with van der Waals surface area (Å²) in [5.74, 6) is 0. The molecule has 0 spiro atoms. The van der Waals surface area contributed by atoms with Gasteiger partial charge in [0.1, 0.15) is 0 Å². The highest BCUT2D eigenvalue weighted by Gasteiger charge is 2.24. The third-order valence-corrected chi connectivity index (χ3v) is 3.69. The van der Waals surface area contributed by atoms with Gasteiger partial charge in [0.2, 0.25) is 0 Å². The maximum Gasteiger partial charge on any atom is 0.00697 e. The van der Waals surface area contributed by atoms with Gasteiger partial charge in [0.05, 0.1) is 0 Å². The summed E-state index contributed by atoms with van der Waals surface area (Å²) in [5, 5.41) is 3.31. The molecule has 2 heteroatoms. The molecule has 0 amide bonds. The van der Waals surface area contributed by atoms with Crippen LogP contribution in [0.2, 0.25) is 0 Å². The van der Waals surface area contributed by atoms with Crippen molar-refractivity contribution in [2.45, 2.75) is 64.6 Å². The average molecular weight is 198 g/mol. The molecule has 1 aliphatic rings. The topological polar surface area (TPSA) is 15.3 Å². The van der Waals surface area contributed by atoms with Crippen LogP contribution in [0.4, 0.5) is 0 Å². The fraction of sp³-hybridized carbons (Fsp3) is 1.00. The van der Waals surface area contributed by atoms with E-state index in [1.165, 1.54) is 32.2 Å². The van der Waals surface area contributed by atoms with E-state index in [-0.39, 0.29) is 0 Å². The van der Waals surface area contributed by atoms with Crippen LogP contribution in [0.5, 0.6) is 0 Å². The Kier molecular flexibility index (Phi) is 4.90. The molecular formula is C12H26N2. The number of nitrogens with one attached hydrogen (secondary N) is 1. The summed E-state index contributed by atoms with van der Waals surface area (Å²) in [6, 6.07) is 2.24. The highest BCUT2D eigenvalue weighted by Crippen LogP contribution is 2.22. The van der Waals surface area contributed by atoms with Crippen LogP contribution in [0.25, 0.3) is 0 Å². The first-order valence-electron chi connectivity index (χ1n) is 6.08. The van der Waals surface area contributed by atoms with Gasteiger partial charge in [-0.25, -0.2) is 0 Å². The lowest BCUT2D eigenvalue weighted by molar-refractivity contribution is 0.0992. The van der Waals surface area contributed by atoms with E-state index in [2.05, 4.69) is 31.0 Å². The van der Waals surface area contributed by atoms with Gasteiger partial charge in [-0.3, -0.25) is 4.90 Å². The zero-order chi connectivity index (χ0) is 10.6. The minimum atomic E-state index is 0.649. The molecule has 1 aliphatic heterocycles. The van der Waals surface area contributed by atoms with Crippen molar-refractivity contribution in [1.29, 1.82) is 0 Å². The zero-order valence-electron chi connectivity index (χ0n) is 10.2. The van der Waals surface area contributed by atoms with E-state index in [0.717, 1.165) is 12.1 Å². The zero-order valence-corrected chi connectivity index (χ0v) is 10.2. The van der Waals surface area contributed by atoms with E-state index in [0.29, 0.717) is 6.04 Å². The lowest BCUT2D eigenvalue weighted by atomic mass is 9.97. The fourth-order valence-corrected chi connectivity index (χ4v) is 2.40. The Bertz CT molecular complexity index is 148. The number of piperidine rings is 1. The molecule has 2 nitrogen and oxygen atoms in total. The molecule has 0 aromatic carbocycles. The minimum absolute atomic E-state index is 0.649. The van der Waals surface area contributed by atoms with Crippen LogP contribution in [0.3, 0.4) is 0 Å². The molecule has 1 heterocycles. The molecule has 0 bridgehead atoms. The molecule has 0 aliphatic carbocycles. The standard InChI is InChI=1S/C12H26N2/c1-10(13-4)8-9-14-11(2)6-5-7-12(14)3/h10-13H,5-9H2,1-4H3/t10?,11-,12+. The van der Waals surface area contributed by atoms with Crippen LogP contribution in [-0.2, 0) is 0 Å². The Hall–Kier alpha value is -0.0800. The van der Waals surface area contributed by atoms with Gasteiger partial charge >= 0.3 is 0 Å². The summed E-state index contributed by atoms with van der Waals surface area (Å²) >= 11 is 0. The van der Waals surface area contributed by atoms with E-state index < -0.39 is 0 Å². The Labute approximate surface area is 89.1 Å². The first kappa shape index (κ1) is 12.0. The number of hydrogen-bond acceptors (Lipinski definition) is 2. The first-order chi connectivity index (χ1) is 6.65. The van der Waals surface area contributed by atoms with Crippen LogP contribution in [0.15, 0.2) is 0 Å². The van der Waals surface area contributed by atoms with E-state index >= 15 is 0 Å². The molecule has 1 unspecified atom stereocenters. The van der Waals surface area contributed by atoms with Crippen LogP contribution < -0.4 is 5.32 Å². The van der Waals surface area contributed by atoms with Gasteiger partial charge in [-0.1, -0.05) is 6.42 Å². The van der Waals surface area contributed by atoms with Crippen LogP contribution >= 0.6 is 0 Å². The second kappa shape index (κ2) is 5.72. The van der Waals surface area contributed by atoms with Crippen molar-refractivity contribution in [3.63, 3.8) is 0 Å². The third-order valence-electron chi connectivity index (χ3n) is 3.69. The molecule has 14 heavy (non-hydrogen) atoms. The van der Waals surface area contributed by atoms with Crippen molar-refractivity contribution in [1.82, 2.24) is 10.2 Å². The van der Waals surface area contributed by atoms with Crippen LogP contribution in [0.1, 0.15) is 46.5 Å². The van der Waals surface area contributed by atoms with Crippen molar-refractivity contribution in [3.8, 4) is 0 Å². The van der Waals surface area contributed by atoms with Gasteiger partial charge < -0.3 is 5.32 Å². The van der Waals surface area contributed by atoms with Crippen LogP contribution in [0, 0.1) is 0 Å². The maximum absolute atomic E-state index is 3.31. The van der Waals surface area contributed by atoms with Gasteiger partial charge in [-0.15, -0.1) is 0 Å². The molecule has 1 rings (SSSR count). The average Bonchev–Trinajstić information content (AvgIpc) is 2.16. The quantitative estimate of drug-likeness (QED) is 0.745. The summed E-state index contributed by atoms with van der Waals surface area (Å²) < 4.78 is 0. The van der Waals surface area contributed by atoms with Gasteiger partial charge in [0, 0.05) is 24.7 Å². The molecule has 1 N–H and O–H groups in total. The fourth-order valence-electron chi connectivity index (χ4n) is 2.40. The summed E-state index contributed by atoms with van der Waals surface area (Å²) in [6.45, 7) is 8.27. The molecule has 1 saturated heterocycles. The number of hydrogen-bond donors (Lipinski definition) is 1. The van der Waals surface area contributed by atoms with Crippen LogP contribution in [-0.4, -0.2) is 36.6 Å². The highest BCUT2D eigenvalue weighted by molar-refractivity contribution is 4.80. The van der Waals surface area contributed by atoms with Crippen molar-refractivity contribution in [3.05, 3.63) is 0 Å². The second-order valence-electron chi connectivity index (χ2n) is 4.85. The predicted octanol–water partition coefficient (Wildman–Crippen LogP) is 2.25. The van der Waals surface area contributed by atoms with Crippen molar-refractivity contribution >= 4 is 0 Å². The summed E-state index contributed by atoms with van der Waals surface area (Å²) in [4.78, 5) is 2.68. The van der Waals surface area contributed by atoms with E-state index in [4.69, 9.17) is 0 Å². The Balaban J connectivity index is 2.32. The molecular weight excluding hydrogens is 172 g/mol. The Morgan fingerprint density at radius 1 is 1.29 bits per heavy atom.